The molecule has 4 nitrogen and oxygen atoms in total. The van der Waals surface area contributed by atoms with Gasteiger partial charge in [-0.3, -0.25) is 9.59 Å². The third kappa shape index (κ3) is 6.63. The smallest absolute Gasteiger partial charge is 0.242 e. The van der Waals surface area contributed by atoms with Crippen molar-refractivity contribution in [1.29, 1.82) is 0 Å². The van der Waals surface area contributed by atoms with Crippen LogP contribution < -0.4 is 5.32 Å². The Balaban J connectivity index is 2.15. The zero-order valence-corrected chi connectivity index (χ0v) is 18.6. The van der Waals surface area contributed by atoms with E-state index in [1.54, 1.807) is 37.4 Å². The van der Waals surface area contributed by atoms with Crippen LogP contribution in [0.2, 0.25) is 10.0 Å². The fraction of sp³-hybridized carbons (Fsp3) is 0.333. The molecule has 29 heavy (non-hydrogen) atoms. The predicted octanol–water partition coefficient (Wildman–Crippen LogP) is 4.92. The maximum atomic E-state index is 13.0. The van der Waals surface area contributed by atoms with Crippen molar-refractivity contribution in [2.24, 2.45) is 0 Å². The van der Waals surface area contributed by atoms with E-state index in [0.29, 0.717) is 27.8 Å². The van der Waals surface area contributed by atoms with Crippen LogP contribution in [0.15, 0.2) is 42.5 Å². The van der Waals surface area contributed by atoms with Gasteiger partial charge in [-0.1, -0.05) is 48.3 Å². The van der Waals surface area contributed by atoms with Crippen LogP contribution in [0.3, 0.4) is 0 Å². The minimum absolute atomic E-state index is 0.139. The molecule has 0 saturated heterocycles. The highest BCUT2D eigenvalue weighted by molar-refractivity contribution is 7.99. The Morgan fingerprint density at radius 3 is 2.31 bits per heavy atom. The number of nitrogens with one attached hydrogen (secondary N) is 1. The van der Waals surface area contributed by atoms with Crippen LogP contribution in [0.25, 0.3) is 0 Å². The molecule has 0 fully saturated rings. The molecule has 0 aliphatic rings. The van der Waals surface area contributed by atoms with Crippen LogP contribution in [0.1, 0.15) is 24.5 Å². The van der Waals surface area contributed by atoms with Gasteiger partial charge in [-0.2, -0.15) is 0 Å². The van der Waals surface area contributed by atoms with Crippen molar-refractivity contribution in [3.8, 4) is 0 Å². The molecule has 0 radical (unpaired) electrons. The zero-order valence-electron chi connectivity index (χ0n) is 16.3. The molecule has 2 aromatic carbocycles. The molecular formula is C21H23Cl2FN2O2S. The van der Waals surface area contributed by atoms with Gasteiger partial charge in [0.25, 0.3) is 0 Å². The van der Waals surface area contributed by atoms with Crippen LogP contribution in [0.5, 0.6) is 0 Å². The summed E-state index contributed by atoms with van der Waals surface area (Å²) in [7, 11) is 1.54. The minimum Gasteiger partial charge on any atom is -0.357 e. The summed E-state index contributed by atoms with van der Waals surface area (Å²) >= 11 is 14.0. The monoisotopic (exact) mass is 456 g/mol. The second-order valence-corrected chi connectivity index (χ2v) is 8.18. The molecule has 0 spiro atoms. The van der Waals surface area contributed by atoms with Crippen molar-refractivity contribution in [1.82, 2.24) is 10.2 Å². The second kappa shape index (κ2) is 11.4. The average molecular weight is 457 g/mol. The number of carbonyl (C=O) groups excluding carboxylic acids is 2. The largest absolute Gasteiger partial charge is 0.357 e. The first-order valence-corrected chi connectivity index (χ1v) is 11.0. The molecule has 2 aromatic rings. The van der Waals surface area contributed by atoms with Crippen LogP contribution >= 0.6 is 35.0 Å². The van der Waals surface area contributed by atoms with Gasteiger partial charge >= 0.3 is 0 Å². The van der Waals surface area contributed by atoms with E-state index in [-0.39, 0.29) is 29.9 Å². The maximum Gasteiger partial charge on any atom is 0.242 e. The molecule has 1 N–H and O–H groups in total. The lowest BCUT2D eigenvalue weighted by molar-refractivity contribution is -0.139. The van der Waals surface area contributed by atoms with Gasteiger partial charge in [0.2, 0.25) is 11.8 Å². The van der Waals surface area contributed by atoms with Gasteiger partial charge in [0.15, 0.2) is 0 Å². The van der Waals surface area contributed by atoms with Gasteiger partial charge in [0.1, 0.15) is 11.9 Å². The van der Waals surface area contributed by atoms with Crippen LogP contribution in [0.4, 0.5) is 4.39 Å². The van der Waals surface area contributed by atoms with Crippen LogP contribution in [0, 0.1) is 5.82 Å². The van der Waals surface area contributed by atoms with Crippen molar-refractivity contribution in [3.63, 3.8) is 0 Å². The highest BCUT2D eigenvalue weighted by Gasteiger charge is 2.29. The van der Waals surface area contributed by atoms with Crippen LogP contribution in [-0.4, -0.2) is 35.6 Å². The van der Waals surface area contributed by atoms with Gasteiger partial charge in [0, 0.05) is 35.0 Å². The number of rotatable bonds is 9. The SMILES string of the molecule is CC[C@H](C(=O)NC)N(Cc1c(Cl)cccc1Cl)C(=O)CSCc1ccc(F)cc1. The number of carbonyl (C=O) groups is 2. The van der Waals surface area contributed by atoms with E-state index in [1.165, 1.54) is 28.8 Å². The summed E-state index contributed by atoms with van der Waals surface area (Å²) in [6.45, 7) is 1.99. The summed E-state index contributed by atoms with van der Waals surface area (Å²) < 4.78 is 13.0. The summed E-state index contributed by atoms with van der Waals surface area (Å²) in [5.41, 5.74) is 1.53. The Bertz CT molecular complexity index is 829. The van der Waals surface area contributed by atoms with Crippen molar-refractivity contribution in [2.75, 3.05) is 12.8 Å². The quantitative estimate of drug-likeness (QED) is 0.582. The van der Waals surface area contributed by atoms with Crippen molar-refractivity contribution in [3.05, 3.63) is 69.5 Å². The predicted molar refractivity (Wildman–Crippen MR) is 118 cm³/mol. The van der Waals surface area contributed by atoms with E-state index < -0.39 is 6.04 Å². The highest BCUT2D eigenvalue weighted by atomic mass is 35.5. The molecule has 0 unspecified atom stereocenters. The van der Waals surface area contributed by atoms with Gasteiger partial charge in [-0.05, 0) is 36.2 Å². The Morgan fingerprint density at radius 1 is 1.14 bits per heavy atom. The van der Waals surface area contributed by atoms with E-state index in [9.17, 15) is 14.0 Å². The highest BCUT2D eigenvalue weighted by Crippen LogP contribution is 2.27. The Kier molecular flexibility index (Phi) is 9.27. The normalized spacial score (nSPS) is 11.8. The number of nitrogens with zero attached hydrogens (tertiary/aromatic N) is 1. The summed E-state index contributed by atoms with van der Waals surface area (Å²) in [5.74, 6) is 0.00116. The number of benzene rings is 2. The molecule has 1 atom stereocenters. The number of hydrogen-bond donors (Lipinski definition) is 1. The lowest BCUT2D eigenvalue weighted by Gasteiger charge is -2.30. The van der Waals surface area contributed by atoms with E-state index >= 15 is 0 Å². The summed E-state index contributed by atoms with van der Waals surface area (Å²) in [5, 5.41) is 3.50. The third-order valence-corrected chi connectivity index (χ3v) is 6.13. The lowest BCUT2D eigenvalue weighted by Crippen LogP contribution is -2.48. The zero-order chi connectivity index (χ0) is 21.4. The average Bonchev–Trinajstić information content (AvgIpc) is 2.71. The fourth-order valence-electron chi connectivity index (χ4n) is 2.86. The molecule has 0 aliphatic heterocycles. The number of hydrogen-bond acceptors (Lipinski definition) is 3. The van der Waals surface area contributed by atoms with E-state index in [4.69, 9.17) is 23.2 Å². The maximum absolute atomic E-state index is 13.0. The molecule has 156 valence electrons. The molecule has 2 rings (SSSR count). The van der Waals surface area contributed by atoms with Gasteiger partial charge in [-0.25, -0.2) is 4.39 Å². The number of halogens is 3. The molecule has 0 heterocycles. The molecule has 2 amide bonds. The summed E-state index contributed by atoms with van der Waals surface area (Å²) in [4.78, 5) is 26.9. The standard InChI is InChI=1S/C21H23Cl2FN2O2S/c1-3-19(21(28)25-2)26(11-16-17(22)5-4-6-18(16)23)20(27)13-29-12-14-7-9-15(24)10-8-14/h4-10,19H,3,11-13H2,1-2H3,(H,25,28)/t19-/m1/s1. The first-order chi connectivity index (χ1) is 13.9. The molecular weight excluding hydrogens is 434 g/mol. The third-order valence-electron chi connectivity index (χ3n) is 4.43. The first kappa shape index (κ1) is 23.5. The van der Waals surface area contributed by atoms with E-state index in [1.807, 2.05) is 6.92 Å². The van der Waals surface area contributed by atoms with Crippen LogP contribution in [-0.2, 0) is 21.9 Å². The van der Waals surface area contributed by atoms with E-state index in [2.05, 4.69) is 5.32 Å². The van der Waals surface area contributed by atoms with E-state index in [0.717, 1.165) is 5.56 Å². The Hall–Kier alpha value is -1.76. The first-order valence-electron chi connectivity index (χ1n) is 9.13. The number of thioether (sulfide) groups is 1. The van der Waals surface area contributed by atoms with Crippen molar-refractivity contribution in [2.45, 2.75) is 31.7 Å². The van der Waals surface area contributed by atoms with Crippen molar-refractivity contribution >= 4 is 46.8 Å². The summed E-state index contributed by atoms with van der Waals surface area (Å²) in [6.07, 6.45) is 0.454. The fourth-order valence-corrected chi connectivity index (χ4v) is 4.25. The molecule has 0 bridgehead atoms. The number of amides is 2. The second-order valence-electron chi connectivity index (χ2n) is 6.38. The topological polar surface area (TPSA) is 49.4 Å². The summed E-state index contributed by atoms with van der Waals surface area (Å²) in [6, 6.07) is 10.7. The van der Waals surface area contributed by atoms with Crippen molar-refractivity contribution < 1.29 is 14.0 Å². The van der Waals surface area contributed by atoms with Gasteiger partial charge in [-0.15, -0.1) is 11.8 Å². The minimum atomic E-state index is -0.633. The Morgan fingerprint density at radius 2 is 1.76 bits per heavy atom. The molecule has 0 aliphatic carbocycles. The Labute approximate surface area is 184 Å². The van der Waals surface area contributed by atoms with Gasteiger partial charge in [0.05, 0.1) is 5.75 Å². The molecule has 0 aromatic heterocycles. The molecule has 0 saturated carbocycles. The molecule has 8 heteroatoms. The number of likely N-dealkylation sites (N-methyl/N-ethyl adjacent to an activating group) is 1. The van der Waals surface area contributed by atoms with Gasteiger partial charge < -0.3 is 10.2 Å². The lowest BCUT2D eigenvalue weighted by atomic mass is 10.1.